The van der Waals surface area contributed by atoms with Crippen LogP contribution in [-0.2, 0) is 28.6 Å². The Balaban J connectivity index is 4.18. The van der Waals surface area contributed by atoms with Gasteiger partial charge in [-0.25, -0.2) is 0 Å². The number of hydrogen-bond donors (Lipinski definition) is 0. The lowest BCUT2D eigenvalue weighted by Gasteiger charge is -2.34. The van der Waals surface area contributed by atoms with Crippen molar-refractivity contribution in [1.29, 1.82) is 0 Å². The van der Waals surface area contributed by atoms with Crippen LogP contribution in [-0.4, -0.2) is 75.5 Å². The molecule has 0 aliphatic carbocycles. The van der Waals surface area contributed by atoms with Crippen molar-refractivity contribution in [1.82, 2.24) is 0 Å². The summed E-state index contributed by atoms with van der Waals surface area (Å²) in [5.41, 5.74) is 0. The molecule has 0 fully saturated rings. The molecule has 0 aromatic rings. The highest BCUT2D eigenvalue weighted by atomic mass is 16.6. The number of unbranched alkanes of at least 4 members (excludes halogenated alkanes) is 33. The van der Waals surface area contributed by atoms with Crippen molar-refractivity contribution < 1.29 is 38.2 Å². The van der Waals surface area contributed by atoms with Gasteiger partial charge in [0.1, 0.15) is 12.6 Å². The molecule has 0 N–H and O–H groups in total. The molecule has 0 heterocycles. The van der Waals surface area contributed by atoms with E-state index in [9.17, 15) is 19.5 Å². The molecule has 0 saturated carbocycles. The van der Waals surface area contributed by atoms with Gasteiger partial charge in [-0.05, 0) is 38.5 Å². The number of carbonyl (C=O) groups is 3. The van der Waals surface area contributed by atoms with E-state index in [1.54, 1.807) is 0 Å². The highest BCUT2D eigenvalue weighted by molar-refractivity contribution is 5.70. The van der Waals surface area contributed by atoms with Crippen LogP contribution in [0.2, 0.25) is 0 Å². The Morgan fingerprint density at radius 2 is 0.806 bits per heavy atom. The number of carboxylic acid groups (broad SMARTS) is 1. The second kappa shape index (κ2) is 45.6. The van der Waals surface area contributed by atoms with Gasteiger partial charge in [0.05, 0.1) is 40.3 Å². The number of nitrogens with zero attached hydrogens (tertiary/aromatic N) is 1. The quantitative estimate of drug-likeness (QED) is 0.0260. The fourth-order valence-corrected chi connectivity index (χ4v) is 8.25. The fourth-order valence-electron chi connectivity index (χ4n) is 8.25. The Kier molecular flexibility index (Phi) is 44.2. The van der Waals surface area contributed by atoms with E-state index in [1.807, 2.05) is 21.1 Å². The lowest BCUT2D eigenvalue weighted by Crippen LogP contribution is -2.55. The normalized spacial score (nSPS) is 12.9. The van der Waals surface area contributed by atoms with E-state index in [-0.39, 0.29) is 42.7 Å². The number of carboxylic acids is 1. The summed E-state index contributed by atoms with van der Waals surface area (Å²) in [7, 11) is 5.43. The van der Waals surface area contributed by atoms with Crippen LogP contribution in [0.25, 0.3) is 0 Å². The molecular formula is C54H103NO7. The van der Waals surface area contributed by atoms with Gasteiger partial charge in [0.25, 0.3) is 0 Å². The topological polar surface area (TPSA) is 102 Å². The molecule has 0 spiro atoms. The first-order chi connectivity index (χ1) is 30.1. The molecular weight excluding hydrogens is 775 g/mol. The van der Waals surface area contributed by atoms with Gasteiger partial charge in [-0.2, -0.15) is 0 Å². The highest BCUT2D eigenvalue weighted by Crippen LogP contribution is 2.17. The molecule has 0 amide bonds. The predicted octanol–water partition coefficient (Wildman–Crippen LogP) is 14.1. The van der Waals surface area contributed by atoms with Crippen molar-refractivity contribution in [2.75, 3.05) is 41.0 Å². The van der Waals surface area contributed by atoms with Gasteiger partial charge in [-0.15, -0.1) is 0 Å². The number of quaternary nitrogens is 1. The zero-order valence-electron chi connectivity index (χ0n) is 41.8. The van der Waals surface area contributed by atoms with E-state index >= 15 is 0 Å². The van der Waals surface area contributed by atoms with E-state index in [1.165, 1.54) is 193 Å². The third-order valence-corrected chi connectivity index (χ3v) is 12.4. The van der Waals surface area contributed by atoms with Gasteiger partial charge in [0.2, 0.25) is 0 Å². The number of allylic oxidation sites excluding steroid dienone is 2. The van der Waals surface area contributed by atoms with Crippen molar-refractivity contribution >= 4 is 17.9 Å². The number of rotatable bonds is 49. The summed E-state index contributed by atoms with van der Waals surface area (Å²) in [4.78, 5) is 37.1. The molecule has 0 radical (unpaired) electrons. The minimum atomic E-state index is -1.12. The van der Waals surface area contributed by atoms with Gasteiger partial charge in [-0.3, -0.25) is 9.59 Å². The Morgan fingerprint density at radius 3 is 1.16 bits per heavy atom. The van der Waals surface area contributed by atoms with Crippen LogP contribution in [0.1, 0.15) is 264 Å². The molecule has 62 heavy (non-hydrogen) atoms. The Labute approximate surface area is 384 Å². The monoisotopic (exact) mass is 878 g/mol. The van der Waals surface area contributed by atoms with Crippen LogP contribution < -0.4 is 5.11 Å². The van der Waals surface area contributed by atoms with Crippen LogP contribution in [0.4, 0.5) is 0 Å². The van der Waals surface area contributed by atoms with E-state index in [0.717, 1.165) is 38.5 Å². The minimum Gasteiger partial charge on any atom is -0.544 e. The van der Waals surface area contributed by atoms with Crippen molar-refractivity contribution in [2.45, 2.75) is 276 Å². The van der Waals surface area contributed by atoms with Gasteiger partial charge in [0, 0.05) is 19.3 Å². The van der Waals surface area contributed by atoms with Gasteiger partial charge in [0.15, 0.2) is 6.10 Å². The van der Waals surface area contributed by atoms with Crippen molar-refractivity contribution in [3.05, 3.63) is 12.2 Å². The van der Waals surface area contributed by atoms with Crippen molar-refractivity contribution in [3.8, 4) is 0 Å². The third-order valence-electron chi connectivity index (χ3n) is 12.4. The van der Waals surface area contributed by atoms with Crippen LogP contribution in [0.3, 0.4) is 0 Å². The Hall–Kier alpha value is -1.93. The number of esters is 2. The second-order valence-corrected chi connectivity index (χ2v) is 19.5. The first-order valence-corrected chi connectivity index (χ1v) is 26.7. The smallest absolute Gasteiger partial charge is 0.306 e. The standard InChI is InChI=1S/C54H103NO7/c1-6-8-10-12-14-16-18-20-22-24-26-27-29-30-32-34-36-38-40-42-44-52(56)61-49-50(48-60-47-46-51(54(58)59)55(3,4)5)62-53(57)45-43-41-39-37-35-33-31-28-25-23-21-19-17-15-13-11-9-7-2/h23,25,50-51H,6-22,24,26-49H2,1-5H3/b25-23-. The molecule has 8 nitrogen and oxygen atoms in total. The summed E-state index contributed by atoms with van der Waals surface area (Å²) >= 11 is 0. The maximum atomic E-state index is 12.8. The largest absolute Gasteiger partial charge is 0.544 e. The van der Waals surface area contributed by atoms with Crippen LogP contribution in [0.5, 0.6) is 0 Å². The number of carbonyl (C=O) groups excluding carboxylic acids is 3. The second-order valence-electron chi connectivity index (χ2n) is 19.5. The van der Waals surface area contributed by atoms with E-state index in [0.29, 0.717) is 12.8 Å². The van der Waals surface area contributed by atoms with Gasteiger partial charge < -0.3 is 28.6 Å². The molecule has 0 rings (SSSR count). The average Bonchev–Trinajstić information content (AvgIpc) is 3.23. The molecule has 0 aromatic heterocycles. The zero-order valence-corrected chi connectivity index (χ0v) is 41.8. The Bertz CT molecular complexity index is 1020. The maximum absolute atomic E-state index is 12.8. The molecule has 0 saturated heterocycles. The zero-order chi connectivity index (χ0) is 45.6. The molecule has 2 unspecified atom stereocenters. The number of aliphatic carboxylic acids is 1. The predicted molar refractivity (Wildman–Crippen MR) is 259 cm³/mol. The number of ether oxygens (including phenoxy) is 3. The maximum Gasteiger partial charge on any atom is 0.306 e. The molecule has 0 aliphatic heterocycles. The van der Waals surface area contributed by atoms with E-state index < -0.39 is 18.1 Å². The Morgan fingerprint density at radius 1 is 0.468 bits per heavy atom. The summed E-state index contributed by atoms with van der Waals surface area (Å²) in [6.45, 7) is 4.71. The molecule has 0 aliphatic rings. The third kappa shape index (κ3) is 43.3. The number of likely N-dealkylation sites (N-methyl/N-ethyl adjacent to an activating group) is 1. The molecule has 0 aromatic carbocycles. The first kappa shape index (κ1) is 60.1. The van der Waals surface area contributed by atoms with Crippen LogP contribution >= 0.6 is 0 Å². The lowest BCUT2D eigenvalue weighted by molar-refractivity contribution is -0.889. The highest BCUT2D eigenvalue weighted by Gasteiger charge is 2.25. The van der Waals surface area contributed by atoms with Crippen LogP contribution in [0, 0.1) is 0 Å². The van der Waals surface area contributed by atoms with Gasteiger partial charge >= 0.3 is 11.9 Å². The lowest BCUT2D eigenvalue weighted by atomic mass is 10.0. The van der Waals surface area contributed by atoms with Crippen LogP contribution in [0.15, 0.2) is 12.2 Å². The molecule has 8 heteroatoms. The summed E-state index contributed by atoms with van der Waals surface area (Å²) in [5, 5.41) is 11.7. The summed E-state index contributed by atoms with van der Waals surface area (Å²) < 4.78 is 17.3. The van der Waals surface area contributed by atoms with Crippen molar-refractivity contribution in [2.24, 2.45) is 0 Å². The molecule has 2 atom stereocenters. The average molecular weight is 878 g/mol. The summed E-state index contributed by atoms with van der Waals surface area (Å²) in [5.74, 6) is -1.72. The van der Waals surface area contributed by atoms with Gasteiger partial charge in [-0.1, -0.05) is 219 Å². The molecule has 366 valence electrons. The SMILES string of the molecule is CCCCCCCCC/C=C\CCCCCCCCCC(=O)OC(COCCC(C(=O)[O-])[N+](C)(C)C)COC(=O)CCCCCCCCCCCCCCCCCCCCCC. The number of hydrogen-bond acceptors (Lipinski definition) is 7. The summed E-state index contributed by atoms with van der Waals surface area (Å²) in [6, 6.07) is -0.723. The van der Waals surface area contributed by atoms with Crippen molar-refractivity contribution in [3.63, 3.8) is 0 Å². The van der Waals surface area contributed by atoms with E-state index in [2.05, 4.69) is 26.0 Å². The first-order valence-electron chi connectivity index (χ1n) is 26.7. The minimum absolute atomic E-state index is 0.0452. The van der Waals surface area contributed by atoms with E-state index in [4.69, 9.17) is 14.2 Å². The molecule has 0 bridgehead atoms. The fraction of sp³-hybridized carbons (Fsp3) is 0.907. The summed E-state index contributed by atoms with van der Waals surface area (Å²) in [6.07, 6.45) is 51.0.